The number of carboxylic acid groups (broad SMARTS) is 1. The van der Waals surface area contributed by atoms with Gasteiger partial charge < -0.3 is 20.8 Å². The first-order valence-corrected chi connectivity index (χ1v) is 16.0. The summed E-state index contributed by atoms with van der Waals surface area (Å²) in [5.41, 5.74) is 7.50. The van der Waals surface area contributed by atoms with Gasteiger partial charge in [0.05, 0.1) is 31.9 Å². The Morgan fingerprint density at radius 2 is 1.06 bits per heavy atom. The van der Waals surface area contributed by atoms with Crippen LogP contribution < -0.4 is 16.9 Å². The molecule has 0 saturated carbocycles. The molecule has 0 fully saturated rings. The lowest BCUT2D eigenvalue weighted by molar-refractivity contribution is 0.0699. The molecule has 0 bridgehead atoms. The second-order valence-corrected chi connectivity index (χ2v) is 12.5. The zero-order valence-electron chi connectivity index (χ0n) is 25.0. The van der Waals surface area contributed by atoms with Crippen LogP contribution in [0.25, 0.3) is 55.6 Å². The van der Waals surface area contributed by atoms with Crippen LogP contribution in [-0.4, -0.2) is 46.2 Å². The van der Waals surface area contributed by atoms with Crippen molar-refractivity contribution >= 4 is 91.4 Å². The van der Waals surface area contributed by atoms with Crippen molar-refractivity contribution in [2.45, 2.75) is 0 Å². The third-order valence-corrected chi connectivity index (χ3v) is 8.92. The SMILES string of the molecule is NC(=O)c1c(-c2ccc(Cl)cc2Cl)nn2c1[nH]c(=O)c1ccccc12.O=C(O)c1c(-c2ccc(Cl)cc2Cl)nn2c1[nH]c(=O)c1ccccc12. The number of aromatic carboxylic acids is 1. The maximum absolute atomic E-state index is 12.3. The predicted octanol–water partition coefficient (Wildman–Crippen LogP) is 7.10. The fourth-order valence-corrected chi connectivity index (χ4v) is 6.64. The number of nitrogens with zero attached hydrogens (tertiary/aromatic N) is 4. The number of aromatic amines is 2. The van der Waals surface area contributed by atoms with E-state index in [4.69, 9.17) is 52.1 Å². The molecule has 0 radical (unpaired) electrons. The van der Waals surface area contributed by atoms with Gasteiger partial charge in [-0.3, -0.25) is 14.4 Å². The van der Waals surface area contributed by atoms with Gasteiger partial charge in [-0.1, -0.05) is 70.7 Å². The van der Waals surface area contributed by atoms with E-state index in [0.29, 0.717) is 48.0 Å². The molecule has 8 aromatic rings. The van der Waals surface area contributed by atoms with Crippen molar-refractivity contribution < 1.29 is 14.7 Å². The molecule has 0 aliphatic carbocycles. The molecule has 1 amide bonds. The fourth-order valence-electron chi connectivity index (χ4n) is 5.64. The summed E-state index contributed by atoms with van der Waals surface area (Å²) in [4.78, 5) is 53.8. The van der Waals surface area contributed by atoms with Gasteiger partial charge in [-0.05, 0) is 60.7 Å². The number of primary amides is 1. The summed E-state index contributed by atoms with van der Waals surface area (Å²) in [5, 5.41) is 20.9. The number of para-hydroxylation sites is 2. The van der Waals surface area contributed by atoms with E-state index in [1.54, 1.807) is 78.9 Å². The third-order valence-electron chi connectivity index (χ3n) is 7.82. The van der Waals surface area contributed by atoms with E-state index in [1.165, 1.54) is 15.1 Å². The van der Waals surface area contributed by atoms with Crippen LogP contribution >= 0.6 is 46.4 Å². The number of carbonyl (C=O) groups excluding carboxylic acids is 1. The molecule has 16 heteroatoms. The third kappa shape index (κ3) is 5.53. The molecule has 4 heterocycles. The minimum Gasteiger partial charge on any atom is -0.477 e. The minimum atomic E-state index is -1.22. The van der Waals surface area contributed by atoms with Crippen LogP contribution in [0.2, 0.25) is 20.1 Å². The van der Waals surface area contributed by atoms with Crippen molar-refractivity contribution in [1.82, 2.24) is 29.2 Å². The van der Waals surface area contributed by atoms with Crippen LogP contribution in [0.1, 0.15) is 20.7 Å². The number of aromatic nitrogens is 6. The number of hydrogen-bond acceptors (Lipinski definition) is 6. The van der Waals surface area contributed by atoms with Gasteiger partial charge in [0.2, 0.25) is 0 Å². The number of benzene rings is 4. The average Bonchev–Trinajstić information content (AvgIpc) is 3.65. The number of carboxylic acids is 1. The lowest BCUT2D eigenvalue weighted by atomic mass is 10.1. The number of carbonyl (C=O) groups is 2. The molecular weight excluding hydrogens is 728 g/mol. The number of nitrogens with one attached hydrogen (secondary N) is 2. The molecule has 12 nitrogen and oxygen atoms in total. The first-order chi connectivity index (χ1) is 23.9. The van der Waals surface area contributed by atoms with Crippen LogP contribution in [0.3, 0.4) is 0 Å². The molecule has 0 unspecified atom stereocenters. The average molecular weight is 747 g/mol. The maximum atomic E-state index is 12.3. The van der Waals surface area contributed by atoms with E-state index in [1.807, 2.05) is 0 Å². The van der Waals surface area contributed by atoms with Crippen molar-refractivity contribution in [3.8, 4) is 22.5 Å². The van der Waals surface area contributed by atoms with Gasteiger partial charge in [-0.2, -0.15) is 10.2 Å². The molecule has 0 spiro atoms. The molecule has 0 atom stereocenters. The standard InChI is InChI=1S/C17H10Cl2N4O2.C17H9Cl2N3O3/c18-8-5-6-9(11(19)7-8)14-13(15(20)24)16-21-17(25)10-3-1-2-4-12(10)23(16)22-14;18-8-5-6-9(11(19)7-8)14-13(17(24)25)15-20-16(23)10-3-1-2-4-12(10)22(15)21-14/h1-7H,(H2,20,24)(H,21,25);1-7H,(H,20,23)(H,24,25). The quantitative estimate of drug-likeness (QED) is 0.148. The van der Waals surface area contributed by atoms with Gasteiger partial charge in [0.25, 0.3) is 17.0 Å². The van der Waals surface area contributed by atoms with E-state index in [0.717, 1.165) is 0 Å². The molecular formula is C34H19Cl4N7O5. The van der Waals surface area contributed by atoms with Crippen LogP contribution in [0.15, 0.2) is 94.5 Å². The van der Waals surface area contributed by atoms with Crippen LogP contribution in [0.5, 0.6) is 0 Å². The Bertz CT molecular complexity index is 2650. The molecule has 0 aliphatic heterocycles. The highest BCUT2D eigenvalue weighted by Crippen LogP contribution is 2.35. The summed E-state index contributed by atoms with van der Waals surface area (Å²) in [6.45, 7) is 0. The van der Waals surface area contributed by atoms with E-state index >= 15 is 0 Å². The number of rotatable bonds is 4. The van der Waals surface area contributed by atoms with Gasteiger partial charge in [-0.25, -0.2) is 13.8 Å². The summed E-state index contributed by atoms with van der Waals surface area (Å²) in [5.74, 6) is -1.94. The van der Waals surface area contributed by atoms with Crippen molar-refractivity contribution in [3.05, 3.63) is 137 Å². The monoisotopic (exact) mass is 745 g/mol. The van der Waals surface area contributed by atoms with E-state index in [2.05, 4.69) is 20.2 Å². The van der Waals surface area contributed by atoms with Crippen LogP contribution in [0.4, 0.5) is 0 Å². The normalized spacial score (nSPS) is 11.3. The van der Waals surface area contributed by atoms with Crippen molar-refractivity contribution in [3.63, 3.8) is 0 Å². The van der Waals surface area contributed by atoms with Crippen molar-refractivity contribution in [1.29, 1.82) is 0 Å². The van der Waals surface area contributed by atoms with Gasteiger partial charge in [-0.15, -0.1) is 0 Å². The molecule has 4 aromatic carbocycles. The molecule has 8 rings (SSSR count). The van der Waals surface area contributed by atoms with E-state index in [-0.39, 0.29) is 50.0 Å². The Morgan fingerprint density at radius 3 is 1.48 bits per heavy atom. The summed E-state index contributed by atoms with van der Waals surface area (Å²) in [6.07, 6.45) is 0. The Hall–Kier alpha value is -5.66. The zero-order valence-corrected chi connectivity index (χ0v) is 28.1. The number of fused-ring (bicyclic) bond motifs is 6. The van der Waals surface area contributed by atoms with Crippen LogP contribution in [-0.2, 0) is 0 Å². The summed E-state index contributed by atoms with van der Waals surface area (Å²) in [6, 6.07) is 23.3. The smallest absolute Gasteiger partial charge is 0.341 e. The number of halogens is 4. The molecule has 248 valence electrons. The molecule has 50 heavy (non-hydrogen) atoms. The van der Waals surface area contributed by atoms with E-state index in [9.17, 15) is 24.3 Å². The fraction of sp³-hybridized carbons (Fsp3) is 0. The van der Waals surface area contributed by atoms with Gasteiger partial charge in [0.15, 0.2) is 5.65 Å². The molecule has 0 saturated heterocycles. The first-order valence-electron chi connectivity index (χ1n) is 14.5. The Labute approximate surface area is 299 Å². The number of amides is 1. The van der Waals surface area contributed by atoms with Crippen molar-refractivity contribution in [2.75, 3.05) is 0 Å². The Morgan fingerprint density at radius 1 is 0.640 bits per heavy atom. The number of hydrogen-bond donors (Lipinski definition) is 4. The topological polar surface area (TPSA) is 181 Å². The lowest BCUT2D eigenvalue weighted by Crippen LogP contribution is -2.15. The van der Waals surface area contributed by atoms with Crippen molar-refractivity contribution in [2.24, 2.45) is 5.73 Å². The highest BCUT2D eigenvalue weighted by atomic mass is 35.5. The number of H-pyrrole nitrogens is 2. The lowest BCUT2D eigenvalue weighted by Gasteiger charge is -2.03. The highest BCUT2D eigenvalue weighted by molar-refractivity contribution is 6.37. The summed E-state index contributed by atoms with van der Waals surface area (Å²) >= 11 is 24.3. The van der Waals surface area contributed by atoms with Crippen LogP contribution in [0, 0.1) is 0 Å². The minimum absolute atomic E-state index is 0.0899. The van der Waals surface area contributed by atoms with Gasteiger partial charge >= 0.3 is 5.97 Å². The molecule has 0 aliphatic rings. The zero-order chi connectivity index (χ0) is 35.4. The Balaban J connectivity index is 0.000000157. The second-order valence-electron chi connectivity index (χ2n) is 10.8. The Kier molecular flexibility index (Phi) is 8.32. The second kappa shape index (κ2) is 12.7. The molecule has 4 aromatic heterocycles. The van der Waals surface area contributed by atoms with Gasteiger partial charge in [0, 0.05) is 21.2 Å². The largest absolute Gasteiger partial charge is 0.477 e. The first kappa shape index (κ1) is 32.9. The number of nitrogens with two attached hydrogens (primary N) is 1. The summed E-state index contributed by atoms with van der Waals surface area (Å²) in [7, 11) is 0. The molecule has 5 N–H and O–H groups in total. The predicted molar refractivity (Wildman–Crippen MR) is 193 cm³/mol. The van der Waals surface area contributed by atoms with E-state index < -0.39 is 11.9 Å². The summed E-state index contributed by atoms with van der Waals surface area (Å²) < 4.78 is 2.89. The maximum Gasteiger partial charge on any atom is 0.341 e. The highest BCUT2D eigenvalue weighted by Gasteiger charge is 2.25. The van der Waals surface area contributed by atoms with Gasteiger partial charge in [0.1, 0.15) is 28.2 Å².